The Morgan fingerprint density at radius 2 is 0.694 bits per heavy atom. The lowest BCUT2D eigenvalue weighted by Gasteiger charge is -2.14. The van der Waals surface area contributed by atoms with E-state index in [-0.39, 0.29) is 0 Å². The van der Waals surface area contributed by atoms with Crippen LogP contribution in [-0.4, -0.2) is 34.1 Å². The highest BCUT2D eigenvalue weighted by molar-refractivity contribution is 6.23. The monoisotopic (exact) mass is 793 g/mol. The summed E-state index contributed by atoms with van der Waals surface area (Å²) in [6.45, 7) is 0. The van der Waals surface area contributed by atoms with Crippen LogP contribution in [0.2, 0.25) is 0 Å². The van der Waals surface area contributed by atoms with Crippen molar-refractivity contribution in [2.45, 2.75) is 0 Å². The average Bonchev–Trinajstić information content (AvgIpc) is 3.88. The smallest absolute Gasteiger partial charge is 0.238 e. The fourth-order valence-electron chi connectivity index (χ4n) is 8.75. The van der Waals surface area contributed by atoms with Crippen molar-refractivity contribution in [2.75, 3.05) is 0 Å². The van der Waals surface area contributed by atoms with Crippen LogP contribution in [0.25, 0.3) is 112 Å². The van der Waals surface area contributed by atoms with Gasteiger partial charge in [-0.2, -0.15) is 9.97 Å². The third kappa shape index (κ3) is 5.94. The van der Waals surface area contributed by atoms with Gasteiger partial charge in [-0.3, -0.25) is 4.57 Å². The molecule has 4 aromatic heterocycles. The van der Waals surface area contributed by atoms with E-state index in [4.69, 9.17) is 24.9 Å². The van der Waals surface area contributed by atoms with Crippen molar-refractivity contribution in [1.29, 1.82) is 0 Å². The first-order chi connectivity index (χ1) is 30.7. The molecule has 0 spiro atoms. The third-order valence-corrected chi connectivity index (χ3v) is 11.6. The second kappa shape index (κ2) is 14.6. The first-order valence-electron chi connectivity index (χ1n) is 20.7. The van der Waals surface area contributed by atoms with Crippen molar-refractivity contribution in [3.05, 3.63) is 212 Å². The van der Waals surface area contributed by atoms with Gasteiger partial charge in [0.25, 0.3) is 0 Å². The molecule has 0 saturated heterocycles. The zero-order chi connectivity index (χ0) is 41.0. The highest BCUT2D eigenvalue weighted by Gasteiger charge is 2.24. The van der Waals surface area contributed by atoms with Gasteiger partial charge in [-0.25, -0.2) is 15.0 Å². The van der Waals surface area contributed by atoms with Crippen LogP contribution in [0.1, 0.15) is 0 Å². The Kier molecular flexibility index (Phi) is 8.35. The summed E-state index contributed by atoms with van der Waals surface area (Å²) in [7, 11) is 0. The molecule has 0 N–H and O–H groups in total. The maximum Gasteiger partial charge on any atom is 0.238 e. The Hall–Kier alpha value is -8.55. The van der Waals surface area contributed by atoms with Gasteiger partial charge in [-0.1, -0.05) is 182 Å². The topological polar surface area (TPSA) is 74.3 Å². The van der Waals surface area contributed by atoms with Crippen LogP contribution < -0.4 is 0 Å². The summed E-state index contributed by atoms with van der Waals surface area (Å²) in [4.78, 5) is 25.9. The van der Waals surface area contributed by atoms with Crippen LogP contribution in [0, 0.1) is 0 Å². The maximum absolute atomic E-state index is 5.27. The van der Waals surface area contributed by atoms with Crippen molar-refractivity contribution in [3.8, 4) is 68.3 Å². The highest BCUT2D eigenvalue weighted by atomic mass is 15.2. The predicted molar refractivity (Wildman–Crippen MR) is 251 cm³/mol. The zero-order valence-electron chi connectivity index (χ0n) is 33.3. The SMILES string of the molecule is c1ccc(-c2cc(-c3cccc(-n4c5ccccc5c5ccc6c7ccccc7n(-c7nc(-c8ccccc8)nc(-c8ccccc8)n7)c6c54)c3)nc(-c3ccccc3)n2)cc1. The van der Waals surface area contributed by atoms with E-state index in [9.17, 15) is 0 Å². The molecule has 290 valence electrons. The van der Waals surface area contributed by atoms with Gasteiger partial charge in [0.15, 0.2) is 17.5 Å². The molecule has 0 amide bonds. The second-order valence-electron chi connectivity index (χ2n) is 15.3. The van der Waals surface area contributed by atoms with Gasteiger partial charge in [-0.15, -0.1) is 0 Å². The molecule has 7 heteroatoms. The maximum atomic E-state index is 5.27. The summed E-state index contributed by atoms with van der Waals surface area (Å²) in [5.74, 6) is 2.44. The van der Waals surface area contributed by atoms with Crippen LogP contribution in [0.4, 0.5) is 0 Å². The molecule has 62 heavy (non-hydrogen) atoms. The molecule has 0 fully saturated rings. The summed E-state index contributed by atoms with van der Waals surface area (Å²) >= 11 is 0. The number of hydrogen-bond donors (Lipinski definition) is 0. The van der Waals surface area contributed by atoms with Gasteiger partial charge in [0.2, 0.25) is 5.95 Å². The molecule has 0 unspecified atom stereocenters. The van der Waals surface area contributed by atoms with Crippen molar-refractivity contribution < 1.29 is 0 Å². The molecule has 0 radical (unpaired) electrons. The van der Waals surface area contributed by atoms with E-state index >= 15 is 0 Å². The molecule has 0 atom stereocenters. The van der Waals surface area contributed by atoms with E-state index in [1.165, 1.54) is 0 Å². The molecular formula is C55H35N7. The molecule has 4 heterocycles. The van der Waals surface area contributed by atoms with Gasteiger partial charge in [0.05, 0.1) is 33.5 Å². The minimum Gasteiger partial charge on any atom is -0.307 e. The van der Waals surface area contributed by atoms with Crippen LogP contribution in [-0.2, 0) is 0 Å². The number of aromatic nitrogens is 7. The molecular weight excluding hydrogens is 759 g/mol. The Balaban J connectivity index is 1.14. The number of nitrogens with zero attached hydrogens (tertiary/aromatic N) is 7. The van der Waals surface area contributed by atoms with Crippen LogP contribution in [0.3, 0.4) is 0 Å². The van der Waals surface area contributed by atoms with E-state index in [0.717, 1.165) is 88.5 Å². The van der Waals surface area contributed by atoms with E-state index in [1.54, 1.807) is 0 Å². The second-order valence-corrected chi connectivity index (χ2v) is 15.3. The highest BCUT2D eigenvalue weighted by Crippen LogP contribution is 2.42. The largest absolute Gasteiger partial charge is 0.307 e. The molecule has 0 saturated carbocycles. The Morgan fingerprint density at radius 3 is 1.24 bits per heavy atom. The predicted octanol–water partition coefficient (Wildman–Crippen LogP) is 13.2. The minimum atomic E-state index is 0.546. The molecule has 7 nitrogen and oxygen atoms in total. The summed E-state index contributed by atoms with van der Waals surface area (Å²) in [5, 5.41) is 4.49. The first-order valence-corrected chi connectivity index (χ1v) is 20.7. The molecule has 0 aliphatic rings. The third-order valence-electron chi connectivity index (χ3n) is 11.6. The fourth-order valence-corrected chi connectivity index (χ4v) is 8.75. The van der Waals surface area contributed by atoms with Crippen molar-refractivity contribution in [1.82, 2.24) is 34.1 Å². The van der Waals surface area contributed by atoms with Crippen molar-refractivity contribution >= 4 is 43.6 Å². The first kappa shape index (κ1) is 35.4. The molecule has 8 aromatic carbocycles. The fraction of sp³-hybridized carbons (Fsp3) is 0. The number of hydrogen-bond acceptors (Lipinski definition) is 5. The number of fused-ring (bicyclic) bond motifs is 7. The van der Waals surface area contributed by atoms with Gasteiger partial charge < -0.3 is 4.57 Å². The normalized spacial score (nSPS) is 11.5. The summed E-state index contributed by atoms with van der Waals surface area (Å²) in [5.41, 5.74) is 11.7. The lowest BCUT2D eigenvalue weighted by atomic mass is 10.1. The van der Waals surface area contributed by atoms with Gasteiger partial charge in [-0.05, 0) is 30.3 Å². The summed E-state index contributed by atoms with van der Waals surface area (Å²) < 4.78 is 4.62. The van der Waals surface area contributed by atoms with Gasteiger partial charge in [0, 0.05) is 55.0 Å². The average molecular weight is 794 g/mol. The van der Waals surface area contributed by atoms with Crippen LogP contribution >= 0.6 is 0 Å². The Morgan fingerprint density at radius 1 is 0.274 bits per heavy atom. The van der Waals surface area contributed by atoms with Gasteiger partial charge in [0.1, 0.15) is 0 Å². The Labute approximate surface area is 356 Å². The minimum absolute atomic E-state index is 0.546. The van der Waals surface area contributed by atoms with E-state index in [1.807, 2.05) is 97.1 Å². The lowest BCUT2D eigenvalue weighted by molar-refractivity contribution is 0.953. The summed E-state index contributed by atoms with van der Waals surface area (Å²) in [6.07, 6.45) is 0. The standard InChI is InChI=1S/C55H35N7/c1-5-18-36(19-6-1)46-35-47(57-52(56-46)37-20-7-2-8-21-37)40-26-17-27-41(34-40)61-48-30-15-13-28-42(48)44-32-33-45-43-29-14-16-31-49(43)62(51(45)50(44)61)55-59-53(38-22-9-3-10-23-38)58-54(60-55)39-24-11-4-12-25-39/h1-35H. The number of rotatable bonds is 7. The molecule has 0 aliphatic heterocycles. The summed E-state index contributed by atoms with van der Waals surface area (Å²) in [6, 6.07) is 73.2. The van der Waals surface area contributed by atoms with E-state index < -0.39 is 0 Å². The van der Waals surface area contributed by atoms with Crippen molar-refractivity contribution in [2.24, 2.45) is 0 Å². The van der Waals surface area contributed by atoms with Crippen LogP contribution in [0.5, 0.6) is 0 Å². The van der Waals surface area contributed by atoms with Gasteiger partial charge >= 0.3 is 0 Å². The van der Waals surface area contributed by atoms with E-state index in [2.05, 4.69) is 124 Å². The number of para-hydroxylation sites is 2. The molecule has 12 aromatic rings. The quantitative estimate of drug-likeness (QED) is 0.161. The lowest BCUT2D eigenvalue weighted by Crippen LogP contribution is -2.07. The van der Waals surface area contributed by atoms with E-state index in [0.29, 0.717) is 23.4 Å². The zero-order valence-corrected chi connectivity index (χ0v) is 33.3. The Bertz CT molecular complexity index is 3500. The van der Waals surface area contributed by atoms with Crippen LogP contribution in [0.15, 0.2) is 212 Å². The molecule has 0 aliphatic carbocycles. The van der Waals surface area contributed by atoms with Crippen molar-refractivity contribution in [3.63, 3.8) is 0 Å². The molecule has 12 rings (SSSR count). The molecule has 0 bridgehead atoms. The number of benzene rings is 8.